The number of ether oxygens (including phenoxy) is 1. The lowest BCUT2D eigenvalue weighted by molar-refractivity contribution is 0.415. The highest BCUT2D eigenvalue weighted by atomic mass is 16.5. The van der Waals surface area contributed by atoms with Crippen molar-refractivity contribution in [1.82, 2.24) is 0 Å². The van der Waals surface area contributed by atoms with Crippen LogP contribution >= 0.6 is 0 Å². The molecule has 1 heterocycles. The van der Waals surface area contributed by atoms with Crippen LogP contribution in [0.1, 0.15) is 11.1 Å². The van der Waals surface area contributed by atoms with Gasteiger partial charge in [-0.3, -0.25) is 0 Å². The summed E-state index contributed by atoms with van der Waals surface area (Å²) in [4.78, 5) is 0. The quantitative estimate of drug-likeness (QED) is 0.852. The van der Waals surface area contributed by atoms with Crippen molar-refractivity contribution in [3.8, 4) is 17.9 Å². The molecule has 0 bridgehead atoms. The van der Waals surface area contributed by atoms with Crippen molar-refractivity contribution >= 4 is 17.0 Å². The minimum absolute atomic E-state index is 0.102. The van der Waals surface area contributed by atoms with Crippen molar-refractivity contribution in [3.05, 3.63) is 71.3 Å². The maximum Gasteiger partial charge on any atom is 0.137 e. The number of hydrogen-bond donors (Lipinski definition) is 1. The number of rotatable bonds is 2. The Morgan fingerprint density at radius 2 is 1.70 bits per heavy atom. The second-order valence-corrected chi connectivity index (χ2v) is 4.97. The van der Waals surface area contributed by atoms with E-state index in [1.807, 2.05) is 66.7 Å². The molecule has 4 heteroatoms. The van der Waals surface area contributed by atoms with Gasteiger partial charge in [0.15, 0.2) is 0 Å². The normalized spacial score (nSPS) is 12.1. The van der Waals surface area contributed by atoms with Crippen LogP contribution in [0.4, 0.5) is 5.69 Å². The highest BCUT2D eigenvalue weighted by molar-refractivity contribution is 6.00. The first kappa shape index (κ1) is 14.4. The van der Waals surface area contributed by atoms with Gasteiger partial charge in [0.25, 0.3) is 0 Å². The molecule has 23 heavy (non-hydrogen) atoms. The molecule has 110 valence electrons. The minimum atomic E-state index is 0.102. The number of allylic oxidation sites excluding steroid dienone is 3. The summed E-state index contributed by atoms with van der Waals surface area (Å²) in [5, 5.41) is 21.8. The summed E-state index contributed by atoms with van der Waals surface area (Å²) in [6.07, 6.45) is 1.84. The molecule has 0 unspecified atom stereocenters. The molecule has 1 aliphatic rings. The van der Waals surface area contributed by atoms with Crippen LogP contribution in [0.5, 0.6) is 5.75 Å². The maximum absolute atomic E-state index is 9.23. The van der Waals surface area contributed by atoms with Gasteiger partial charge < -0.3 is 10.1 Å². The summed E-state index contributed by atoms with van der Waals surface area (Å²) in [7, 11) is 1.62. The van der Waals surface area contributed by atoms with Crippen molar-refractivity contribution in [2.24, 2.45) is 0 Å². The van der Waals surface area contributed by atoms with Crippen LogP contribution in [-0.2, 0) is 0 Å². The highest BCUT2D eigenvalue weighted by Crippen LogP contribution is 2.36. The van der Waals surface area contributed by atoms with Gasteiger partial charge in [-0.15, -0.1) is 0 Å². The first-order chi connectivity index (χ1) is 11.3. The fourth-order valence-corrected chi connectivity index (χ4v) is 2.51. The SMILES string of the molecule is COc1ccc(C2=CC(=C(C#N)C#N)c3ccccc3N2)cc1. The Labute approximate surface area is 134 Å². The molecule has 0 saturated heterocycles. The first-order valence-electron chi connectivity index (χ1n) is 7.04. The summed E-state index contributed by atoms with van der Waals surface area (Å²) in [5.41, 5.74) is 4.25. The zero-order valence-electron chi connectivity index (χ0n) is 12.5. The Kier molecular flexibility index (Phi) is 3.82. The zero-order valence-corrected chi connectivity index (χ0v) is 12.5. The molecule has 2 aromatic carbocycles. The van der Waals surface area contributed by atoms with Crippen molar-refractivity contribution in [2.75, 3.05) is 12.4 Å². The molecule has 0 atom stereocenters. The van der Waals surface area contributed by atoms with E-state index < -0.39 is 0 Å². The average Bonchev–Trinajstić information content (AvgIpc) is 2.62. The fraction of sp³-hybridized carbons (Fsp3) is 0.0526. The minimum Gasteiger partial charge on any atom is -0.497 e. The van der Waals surface area contributed by atoms with Gasteiger partial charge in [0.1, 0.15) is 23.5 Å². The number of benzene rings is 2. The van der Waals surface area contributed by atoms with E-state index in [1.54, 1.807) is 7.11 Å². The molecule has 0 saturated carbocycles. The second kappa shape index (κ2) is 6.09. The van der Waals surface area contributed by atoms with Crippen LogP contribution < -0.4 is 10.1 Å². The summed E-state index contributed by atoms with van der Waals surface area (Å²) < 4.78 is 5.17. The van der Waals surface area contributed by atoms with Crippen molar-refractivity contribution < 1.29 is 4.74 Å². The zero-order chi connectivity index (χ0) is 16.2. The molecule has 1 aliphatic heterocycles. The third-order valence-electron chi connectivity index (χ3n) is 3.67. The van der Waals surface area contributed by atoms with Crippen molar-refractivity contribution in [2.45, 2.75) is 0 Å². The second-order valence-electron chi connectivity index (χ2n) is 4.97. The number of fused-ring (bicyclic) bond motifs is 1. The van der Waals surface area contributed by atoms with E-state index in [9.17, 15) is 10.5 Å². The van der Waals surface area contributed by atoms with Gasteiger partial charge in [-0.1, -0.05) is 18.2 Å². The molecule has 0 amide bonds. The predicted molar refractivity (Wildman–Crippen MR) is 89.2 cm³/mol. The Bertz CT molecular complexity index is 877. The molecular formula is C19H13N3O. The van der Waals surface area contributed by atoms with Crippen LogP contribution in [0.2, 0.25) is 0 Å². The van der Waals surface area contributed by atoms with Gasteiger partial charge in [0, 0.05) is 22.5 Å². The number of methoxy groups -OCH3 is 1. The van der Waals surface area contributed by atoms with E-state index in [0.717, 1.165) is 28.3 Å². The summed E-state index contributed by atoms with van der Waals surface area (Å²) >= 11 is 0. The lowest BCUT2D eigenvalue weighted by Gasteiger charge is -2.21. The monoisotopic (exact) mass is 299 g/mol. The lowest BCUT2D eigenvalue weighted by atomic mass is 9.93. The molecule has 2 aromatic rings. The van der Waals surface area contributed by atoms with Gasteiger partial charge in [-0.25, -0.2) is 0 Å². The topological polar surface area (TPSA) is 68.8 Å². The molecule has 3 rings (SSSR count). The van der Waals surface area contributed by atoms with Crippen molar-refractivity contribution in [1.29, 1.82) is 10.5 Å². The van der Waals surface area contributed by atoms with Crippen LogP contribution in [0.25, 0.3) is 11.3 Å². The first-order valence-corrected chi connectivity index (χ1v) is 7.04. The third-order valence-corrected chi connectivity index (χ3v) is 3.67. The van der Waals surface area contributed by atoms with Gasteiger partial charge in [0.05, 0.1) is 7.11 Å². The largest absolute Gasteiger partial charge is 0.497 e. The van der Waals surface area contributed by atoms with Gasteiger partial charge in [0.2, 0.25) is 0 Å². The van der Waals surface area contributed by atoms with E-state index in [1.165, 1.54) is 0 Å². The van der Waals surface area contributed by atoms with Crippen LogP contribution in [-0.4, -0.2) is 7.11 Å². The van der Waals surface area contributed by atoms with E-state index in [-0.39, 0.29) is 5.57 Å². The summed E-state index contributed by atoms with van der Waals surface area (Å²) in [6.45, 7) is 0. The standard InChI is InChI=1S/C19H13N3O/c1-23-15-8-6-13(7-9-15)19-10-17(14(11-20)12-21)16-4-2-3-5-18(16)22-19/h2-10,22H,1H3. The Morgan fingerprint density at radius 1 is 1.00 bits per heavy atom. The van der Waals surface area contributed by atoms with E-state index in [0.29, 0.717) is 5.57 Å². The van der Waals surface area contributed by atoms with E-state index >= 15 is 0 Å². The molecule has 0 spiro atoms. The smallest absolute Gasteiger partial charge is 0.137 e. The number of nitrogens with one attached hydrogen (secondary N) is 1. The average molecular weight is 299 g/mol. The third kappa shape index (κ3) is 2.66. The molecule has 0 aromatic heterocycles. The molecule has 1 N–H and O–H groups in total. The van der Waals surface area contributed by atoms with Crippen LogP contribution in [0.3, 0.4) is 0 Å². The Balaban J connectivity index is 2.15. The number of nitriles is 2. The predicted octanol–water partition coefficient (Wildman–Crippen LogP) is 3.96. The summed E-state index contributed by atoms with van der Waals surface area (Å²) in [5.74, 6) is 0.774. The van der Waals surface area contributed by atoms with Gasteiger partial charge in [-0.05, 0) is 42.0 Å². The van der Waals surface area contributed by atoms with Gasteiger partial charge >= 0.3 is 0 Å². The molecular weight excluding hydrogens is 286 g/mol. The molecule has 0 fully saturated rings. The lowest BCUT2D eigenvalue weighted by Crippen LogP contribution is -2.07. The summed E-state index contributed by atoms with van der Waals surface area (Å²) in [6, 6.07) is 19.2. The molecule has 0 radical (unpaired) electrons. The number of nitrogens with zero attached hydrogens (tertiary/aromatic N) is 2. The fourth-order valence-electron chi connectivity index (χ4n) is 2.51. The van der Waals surface area contributed by atoms with E-state index in [4.69, 9.17) is 4.74 Å². The number of anilines is 1. The van der Waals surface area contributed by atoms with Crippen LogP contribution in [0.15, 0.2) is 60.2 Å². The maximum atomic E-state index is 9.23. The number of hydrogen-bond acceptors (Lipinski definition) is 4. The Morgan fingerprint density at radius 3 is 2.35 bits per heavy atom. The highest BCUT2D eigenvalue weighted by Gasteiger charge is 2.18. The Hall–Kier alpha value is -3.50. The number of para-hydroxylation sites is 1. The van der Waals surface area contributed by atoms with Crippen molar-refractivity contribution in [3.63, 3.8) is 0 Å². The van der Waals surface area contributed by atoms with Crippen LogP contribution in [0, 0.1) is 22.7 Å². The molecule has 4 nitrogen and oxygen atoms in total. The van der Waals surface area contributed by atoms with Gasteiger partial charge in [-0.2, -0.15) is 10.5 Å². The van der Waals surface area contributed by atoms with E-state index in [2.05, 4.69) is 5.32 Å². The molecule has 0 aliphatic carbocycles.